The third-order valence-electron chi connectivity index (χ3n) is 3.93. The molecule has 5 heteroatoms. The molecule has 0 radical (unpaired) electrons. The first kappa shape index (κ1) is 17.9. The Morgan fingerprint density at radius 3 is 1.96 bits per heavy atom. The lowest BCUT2D eigenvalue weighted by molar-refractivity contribution is -0.129. The maximum absolute atomic E-state index is 12.6. The second kappa shape index (κ2) is 8.45. The number of rotatable bonds is 6. The predicted molar refractivity (Wildman–Crippen MR) is 102 cm³/mol. The summed E-state index contributed by atoms with van der Waals surface area (Å²) in [7, 11) is 0. The number of thiophene rings is 1. The number of hydrogen-bond acceptors (Lipinski definition) is 4. The number of amides is 1. The van der Waals surface area contributed by atoms with E-state index in [1.807, 2.05) is 60.7 Å². The standard InChI is InChI=1S/C21H19NO3S/c1-15(25-21(24)18-13-8-14-26-18)20(23)22-19(16-9-4-2-5-10-16)17-11-6-3-7-12-17/h2-15,19H,1H3,(H,22,23)/t15-/m0/s1. The number of benzene rings is 2. The molecule has 3 aromatic rings. The third-order valence-corrected chi connectivity index (χ3v) is 4.78. The quantitative estimate of drug-likeness (QED) is 0.666. The van der Waals surface area contributed by atoms with Gasteiger partial charge in [-0.25, -0.2) is 4.79 Å². The van der Waals surface area contributed by atoms with Crippen molar-refractivity contribution in [1.82, 2.24) is 5.32 Å². The zero-order chi connectivity index (χ0) is 18.4. The van der Waals surface area contributed by atoms with Crippen LogP contribution in [0.5, 0.6) is 0 Å². The summed E-state index contributed by atoms with van der Waals surface area (Å²) in [5.74, 6) is -0.828. The molecule has 1 aromatic heterocycles. The molecule has 0 aliphatic rings. The number of carbonyl (C=O) groups is 2. The Kier molecular flexibility index (Phi) is 5.81. The Bertz CT molecular complexity index is 808. The molecule has 1 amide bonds. The van der Waals surface area contributed by atoms with Crippen LogP contribution < -0.4 is 5.32 Å². The summed E-state index contributed by atoms with van der Waals surface area (Å²) in [6, 6.07) is 22.5. The zero-order valence-electron chi connectivity index (χ0n) is 14.3. The van der Waals surface area contributed by atoms with Gasteiger partial charge in [0.05, 0.1) is 6.04 Å². The van der Waals surface area contributed by atoms with Crippen LogP contribution in [0.1, 0.15) is 33.8 Å². The second-order valence-corrected chi connectivity index (χ2v) is 6.74. The van der Waals surface area contributed by atoms with E-state index in [4.69, 9.17) is 4.74 Å². The van der Waals surface area contributed by atoms with Crippen LogP contribution in [0.25, 0.3) is 0 Å². The van der Waals surface area contributed by atoms with Crippen molar-refractivity contribution in [3.63, 3.8) is 0 Å². The van der Waals surface area contributed by atoms with E-state index < -0.39 is 12.1 Å². The SMILES string of the molecule is C[C@H](OC(=O)c1cccs1)C(=O)NC(c1ccccc1)c1ccccc1. The second-order valence-electron chi connectivity index (χ2n) is 5.79. The molecule has 2 aromatic carbocycles. The fourth-order valence-corrected chi connectivity index (χ4v) is 3.18. The molecule has 0 aliphatic heterocycles. The Morgan fingerprint density at radius 2 is 1.46 bits per heavy atom. The van der Waals surface area contributed by atoms with Gasteiger partial charge in [-0.15, -0.1) is 11.3 Å². The smallest absolute Gasteiger partial charge is 0.349 e. The van der Waals surface area contributed by atoms with Crippen LogP contribution in [0.2, 0.25) is 0 Å². The van der Waals surface area contributed by atoms with Crippen LogP contribution in [0.15, 0.2) is 78.2 Å². The molecule has 4 nitrogen and oxygen atoms in total. The van der Waals surface area contributed by atoms with Crippen molar-refractivity contribution in [2.24, 2.45) is 0 Å². The van der Waals surface area contributed by atoms with Crippen molar-refractivity contribution in [3.05, 3.63) is 94.2 Å². The van der Waals surface area contributed by atoms with E-state index in [1.165, 1.54) is 11.3 Å². The summed E-state index contributed by atoms with van der Waals surface area (Å²) >= 11 is 1.29. The first-order valence-electron chi connectivity index (χ1n) is 8.30. The zero-order valence-corrected chi connectivity index (χ0v) is 15.1. The van der Waals surface area contributed by atoms with Crippen LogP contribution in [0.4, 0.5) is 0 Å². The van der Waals surface area contributed by atoms with E-state index in [0.717, 1.165) is 11.1 Å². The molecule has 0 spiro atoms. The third kappa shape index (κ3) is 4.37. The fourth-order valence-electron chi connectivity index (χ4n) is 2.58. The van der Waals surface area contributed by atoms with Crippen LogP contribution in [0, 0.1) is 0 Å². The summed E-state index contributed by atoms with van der Waals surface area (Å²) in [6.07, 6.45) is -0.889. The van der Waals surface area contributed by atoms with Crippen molar-refractivity contribution in [2.45, 2.75) is 19.1 Å². The molecule has 1 heterocycles. The number of esters is 1. The molecule has 132 valence electrons. The first-order valence-corrected chi connectivity index (χ1v) is 9.18. The van der Waals surface area contributed by atoms with Crippen LogP contribution in [0.3, 0.4) is 0 Å². The monoisotopic (exact) mass is 365 g/mol. The molecule has 0 aliphatic carbocycles. The van der Waals surface area contributed by atoms with E-state index in [2.05, 4.69) is 5.32 Å². The molecule has 0 saturated carbocycles. The Labute approximate surface area is 156 Å². The lowest BCUT2D eigenvalue weighted by Gasteiger charge is -2.22. The van der Waals surface area contributed by atoms with Crippen LogP contribution >= 0.6 is 11.3 Å². The minimum atomic E-state index is -0.889. The van der Waals surface area contributed by atoms with E-state index >= 15 is 0 Å². The highest BCUT2D eigenvalue weighted by Gasteiger charge is 2.23. The van der Waals surface area contributed by atoms with Gasteiger partial charge in [0.2, 0.25) is 0 Å². The van der Waals surface area contributed by atoms with Gasteiger partial charge in [-0.2, -0.15) is 0 Å². The van der Waals surface area contributed by atoms with Crippen molar-refractivity contribution in [3.8, 4) is 0 Å². The van der Waals surface area contributed by atoms with Gasteiger partial charge < -0.3 is 10.1 Å². The van der Waals surface area contributed by atoms with Crippen molar-refractivity contribution in [1.29, 1.82) is 0 Å². The Morgan fingerprint density at radius 1 is 0.885 bits per heavy atom. The summed E-state index contributed by atoms with van der Waals surface area (Å²) in [5, 5.41) is 4.78. The first-order chi connectivity index (χ1) is 12.6. The average molecular weight is 365 g/mol. The molecule has 0 fully saturated rings. The number of carbonyl (C=O) groups excluding carboxylic acids is 2. The minimum Gasteiger partial charge on any atom is -0.448 e. The van der Waals surface area contributed by atoms with E-state index in [9.17, 15) is 9.59 Å². The van der Waals surface area contributed by atoms with Crippen molar-refractivity contribution >= 4 is 23.2 Å². The number of hydrogen-bond donors (Lipinski definition) is 1. The molecule has 1 atom stereocenters. The Balaban J connectivity index is 1.74. The lowest BCUT2D eigenvalue weighted by Crippen LogP contribution is -2.38. The van der Waals surface area contributed by atoms with Gasteiger partial charge in [0, 0.05) is 0 Å². The predicted octanol–water partition coefficient (Wildman–Crippen LogP) is 4.20. The molecule has 1 N–H and O–H groups in total. The lowest BCUT2D eigenvalue weighted by atomic mass is 9.98. The van der Waals surface area contributed by atoms with Gasteiger partial charge in [0.15, 0.2) is 6.10 Å². The maximum atomic E-state index is 12.6. The Hall–Kier alpha value is -2.92. The van der Waals surface area contributed by atoms with Crippen LogP contribution in [-0.2, 0) is 9.53 Å². The summed E-state index contributed by atoms with van der Waals surface area (Å²) < 4.78 is 5.29. The van der Waals surface area contributed by atoms with E-state index in [-0.39, 0.29) is 11.9 Å². The number of ether oxygens (including phenoxy) is 1. The number of nitrogens with one attached hydrogen (secondary N) is 1. The maximum Gasteiger partial charge on any atom is 0.349 e. The molecule has 26 heavy (non-hydrogen) atoms. The molecule has 0 saturated heterocycles. The average Bonchev–Trinajstić information content (AvgIpc) is 3.22. The molecular weight excluding hydrogens is 346 g/mol. The van der Waals surface area contributed by atoms with Crippen molar-refractivity contribution in [2.75, 3.05) is 0 Å². The fraction of sp³-hybridized carbons (Fsp3) is 0.143. The van der Waals surface area contributed by atoms with E-state index in [1.54, 1.807) is 24.4 Å². The van der Waals surface area contributed by atoms with Gasteiger partial charge in [0.1, 0.15) is 4.88 Å². The highest BCUT2D eigenvalue weighted by Crippen LogP contribution is 2.22. The van der Waals surface area contributed by atoms with Gasteiger partial charge in [-0.05, 0) is 29.5 Å². The molecule has 0 unspecified atom stereocenters. The summed E-state index contributed by atoms with van der Waals surface area (Å²) in [6.45, 7) is 1.58. The highest BCUT2D eigenvalue weighted by molar-refractivity contribution is 7.11. The highest BCUT2D eigenvalue weighted by atomic mass is 32.1. The normalized spacial score (nSPS) is 11.8. The van der Waals surface area contributed by atoms with Gasteiger partial charge in [-0.1, -0.05) is 66.7 Å². The topological polar surface area (TPSA) is 55.4 Å². The van der Waals surface area contributed by atoms with Gasteiger partial charge in [-0.3, -0.25) is 4.79 Å². The van der Waals surface area contributed by atoms with Crippen molar-refractivity contribution < 1.29 is 14.3 Å². The van der Waals surface area contributed by atoms with Gasteiger partial charge >= 0.3 is 5.97 Å². The van der Waals surface area contributed by atoms with Crippen LogP contribution in [-0.4, -0.2) is 18.0 Å². The minimum absolute atomic E-state index is 0.312. The van der Waals surface area contributed by atoms with E-state index in [0.29, 0.717) is 4.88 Å². The summed E-state index contributed by atoms with van der Waals surface area (Å²) in [5.41, 5.74) is 1.92. The van der Waals surface area contributed by atoms with Gasteiger partial charge in [0.25, 0.3) is 5.91 Å². The largest absolute Gasteiger partial charge is 0.448 e. The molecule has 0 bridgehead atoms. The molecule has 3 rings (SSSR count). The summed E-state index contributed by atoms with van der Waals surface area (Å²) in [4.78, 5) is 25.2. The molecular formula is C21H19NO3S.